The summed E-state index contributed by atoms with van der Waals surface area (Å²) < 4.78 is 27.3. The molecule has 0 saturated carbocycles. The zero-order valence-corrected chi connectivity index (χ0v) is 19.3. The van der Waals surface area contributed by atoms with Gasteiger partial charge < -0.3 is 5.32 Å². The zero-order valence-electron chi connectivity index (χ0n) is 17.7. The minimum absolute atomic E-state index is 0.0832. The molecule has 1 N–H and O–H groups in total. The average Bonchev–Trinajstić information content (AvgIpc) is 3.05. The van der Waals surface area contributed by atoms with Crippen molar-refractivity contribution in [1.82, 2.24) is 19.4 Å². The first-order valence-electron chi connectivity index (χ1n) is 10.5. The number of imide groups is 1. The summed E-state index contributed by atoms with van der Waals surface area (Å²) in [5.74, 6) is -0.290. The quantitative estimate of drug-likeness (QED) is 0.647. The molecule has 2 saturated heterocycles. The molecule has 2 aliphatic heterocycles. The van der Waals surface area contributed by atoms with E-state index in [2.05, 4.69) is 5.32 Å². The number of nitrogens with zero attached hydrogens (tertiary/aromatic N) is 3. The van der Waals surface area contributed by atoms with Crippen LogP contribution in [0.15, 0.2) is 59.5 Å². The molecule has 4 rings (SSSR count). The van der Waals surface area contributed by atoms with Gasteiger partial charge in [-0.1, -0.05) is 61.0 Å². The molecule has 2 aromatic rings. The molecule has 1 atom stereocenters. The van der Waals surface area contributed by atoms with Crippen LogP contribution < -0.4 is 5.32 Å². The highest BCUT2D eigenvalue weighted by atomic mass is 35.5. The topological polar surface area (TPSA) is 90.0 Å². The molecule has 2 heterocycles. The summed E-state index contributed by atoms with van der Waals surface area (Å²) in [4.78, 5) is 29.2. The molecule has 3 amide bonds. The molecule has 0 spiro atoms. The van der Waals surface area contributed by atoms with E-state index in [4.69, 9.17) is 11.6 Å². The Kier molecular flexibility index (Phi) is 6.26. The minimum Gasteiger partial charge on any atom is -0.319 e. The van der Waals surface area contributed by atoms with Crippen molar-refractivity contribution >= 4 is 33.6 Å². The van der Waals surface area contributed by atoms with E-state index in [-0.39, 0.29) is 35.6 Å². The lowest BCUT2D eigenvalue weighted by Crippen LogP contribution is -2.52. The van der Waals surface area contributed by atoms with Crippen LogP contribution in [0, 0.1) is 0 Å². The van der Waals surface area contributed by atoms with Crippen LogP contribution in [0.4, 0.5) is 4.79 Å². The molecule has 0 aromatic heterocycles. The fourth-order valence-corrected chi connectivity index (χ4v) is 6.14. The van der Waals surface area contributed by atoms with Crippen molar-refractivity contribution in [3.8, 4) is 0 Å². The lowest BCUT2D eigenvalue weighted by molar-refractivity contribution is -0.133. The van der Waals surface area contributed by atoms with Gasteiger partial charge >= 0.3 is 6.03 Å². The Morgan fingerprint density at radius 2 is 1.59 bits per heavy atom. The highest BCUT2D eigenvalue weighted by Gasteiger charge is 2.51. The molecule has 0 radical (unpaired) electrons. The Morgan fingerprint density at radius 1 is 0.969 bits per heavy atom. The van der Waals surface area contributed by atoms with Gasteiger partial charge in [0.25, 0.3) is 5.91 Å². The number of hydrogen-bond acceptors (Lipinski definition) is 5. The van der Waals surface area contributed by atoms with Crippen molar-refractivity contribution in [3.63, 3.8) is 0 Å². The summed E-state index contributed by atoms with van der Waals surface area (Å²) in [5.41, 5.74) is -0.327. The third kappa shape index (κ3) is 3.90. The van der Waals surface area contributed by atoms with Crippen LogP contribution in [0.3, 0.4) is 0 Å². The Hall–Kier alpha value is -2.46. The predicted molar refractivity (Wildman–Crippen MR) is 120 cm³/mol. The second kappa shape index (κ2) is 8.82. The first-order valence-corrected chi connectivity index (χ1v) is 12.3. The molecule has 2 aliphatic rings. The van der Waals surface area contributed by atoms with Gasteiger partial charge in [0.2, 0.25) is 10.0 Å². The number of benzene rings is 2. The number of hydrogen-bond donors (Lipinski definition) is 1. The summed E-state index contributed by atoms with van der Waals surface area (Å²) in [5, 5.41) is 3.06. The van der Waals surface area contributed by atoms with E-state index in [9.17, 15) is 18.0 Å². The van der Waals surface area contributed by atoms with E-state index in [0.717, 1.165) is 5.56 Å². The van der Waals surface area contributed by atoms with Gasteiger partial charge in [-0.3, -0.25) is 9.69 Å². The smallest absolute Gasteiger partial charge is 0.319 e. The highest BCUT2D eigenvalue weighted by Crippen LogP contribution is 2.32. The summed E-state index contributed by atoms with van der Waals surface area (Å²) in [6, 6.07) is 15.1. The molecular formula is C22H25ClN4O4S. The fourth-order valence-electron chi connectivity index (χ4n) is 4.22. The number of nitrogens with one attached hydrogen (secondary N) is 1. The number of amides is 3. The number of piperazine rings is 1. The molecule has 10 heteroatoms. The third-order valence-electron chi connectivity index (χ3n) is 6.10. The summed E-state index contributed by atoms with van der Waals surface area (Å²) in [6.45, 7) is 3.26. The van der Waals surface area contributed by atoms with Crippen LogP contribution in [0.25, 0.3) is 0 Å². The lowest BCUT2D eigenvalue weighted by Gasteiger charge is -2.35. The second-order valence-corrected chi connectivity index (χ2v) is 10.2. The SMILES string of the molecule is CC[C@]1(c2ccccc2)NC(=O)N(CN2CCN(S(=O)(=O)c3ccccc3Cl)CC2)C1=O. The minimum atomic E-state index is -3.71. The maximum atomic E-state index is 13.3. The second-order valence-electron chi connectivity index (χ2n) is 7.88. The molecule has 2 aromatic carbocycles. The van der Waals surface area contributed by atoms with Gasteiger partial charge in [-0.05, 0) is 24.1 Å². The van der Waals surface area contributed by atoms with Crippen molar-refractivity contribution in [2.45, 2.75) is 23.8 Å². The molecule has 0 aliphatic carbocycles. The van der Waals surface area contributed by atoms with E-state index >= 15 is 0 Å². The number of carbonyl (C=O) groups is 2. The van der Waals surface area contributed by atoms with Crippen molar-refractivity contribution in [1.29, 1.82) is 0 Å². The summed E-state index contributed by atoms with van der Waals surface area (Å²) in [7, 11) is -3.71. The van der Waals surface area contributed by atoms with Crippen molar-refractivity contribution in [3.05, 3.63) is 65.2 Å². The monoisotopic (exact) mass is 476 g/mol. The third-order valence-corrected chi connectivity index (χ3v) is 8.50. The van der Waals surface area contributed by atoms with E-state index < -0.39 is 21.6 Å². The van der Waals surface area contributed by atoms with Crippen molar-refractivity contribution in [2.24, 2.45) is 0 Å². The Bertz CT molecular complexity index is 1120. The summed E-state index contributed by atoms with van der Waals surface area (Å²) in [6.07, 6.45) is 0.432. The number of sulfonamides is 1. The lowest BCUT2D eigenvalue weighted by atomic mass is 9.87. The van der Waals surface area contributed by atoms with Gasteiger partial charge in [0, 0.05) is 26.2 Å². The van der Waals surface area contributed by atoms with E-state index in [1.165, 1.54) is 15.3 Å². The molecule has 32 heavy (non-hydrogen) atoms. The molecule has 0 unspecified atom stereocenters. The van der Waals surface area contributed by atoms with E-state index in [1.54, 1.807) is 18.2 Å². The highest BCUT2D eigenvalue weighted by molar-refractivity contribution is 7.89. The van der Waals surface area contributed by atoms with E-state index in [1.807, 2.05) is 42.2 Å². The van der Waals surface area contributed by atoms with Crippen LogP contribution in [0.5, 0.6) is 0 Å². The number of urea groups is 1. The maximum absolute atomic E-state index is 13.3. The number of rotatable bonds is 6. The van der Waals surface area contributed by atoms with Crippen LogP contribution in [-0.2, 0) is 20.4 Å². The van der Waals surface area contributed by atoms with Gasteiger partial charge in [-0.2, -0.15) is 4.31 Å². The van der Waals surface area contributed by atoms with E-state index in [0.29, 0.717) is 19.5 Å². The van der Waals surface area contributed by atoms with Gasteiger partial charge in [0.1, 0.15) is 10.4 Å². The average molecular weight is 477 g/mol. The van der Waals surface area contributed by atoms with Crippen molar-refractivity contribution in [2.75, 3.05) is 32.8 Å². The first-order chi connectivity index (χ1) is 15.3. The first kappa shape index (κ1) is 22.7. The molecule has 8 nitrogen and oxygen atoms in total. The standard InChI is InChI=1S/C22H25ClN4O4S/c1-2-22(17-8-4-3-5-9-17)20(28)27(21(29)24-22)16-25-12-14-26(15-13-25)32(30,31)19-11-7-6-10-18(19)23/h3-11H,2,12-16H2,1H3,(H,24,29)/t22-/m1/s1. The molecular weight excluding hydrogens is 452 g/mol. The van der Waals surface area contributed by atoms with Crippen LogP contribution in [0.2, 0.25) is 5.02 Å². The molecule has 2 fully saturated rings. The van der Waals surface area contributed by atoms with Gasteiger partial charge in [0.05, 0.1) is 11.7 Å². The largest absolute Gasteiger partial charge is 0.326 e. The molecule has 170 valence electrons. The fraction of sp³-hybridized carbons (Fsp3) is 0.364. The maximum Gasteiger partial charge on any atom is 0.326 e. The van der Waals surface area contributed by atoms with Gasteiger partial charge in [-0.15, -0.1) is 0 Å². The van der Waals surface area contributed by atoms with Crippen molar-refractivity contribution < 1.29 is 18.0 Å². The number of halogens is 1. The van der Waals surface area contributed by atoms with Crippen LogP contribution in [-0.4, -0.2) is 67.3 Å². The number of carbonyl (C=O) groups excluding carboxylic acids is 2. The molecule has 0 bridgehead atoms. The van der Waals surface area contributed by atoms with Gasteiger partial charge in [0.15, 0.2) is 0 Å². The zero-order chi connectivity index (χ0) is 22.9. The Balaban J connectivity index is 1.44. The van der Waals surface area contributed by atoms with Crippen LogP contribution >= 0.6 is 11.6 Å². The predicted octanol–water partition coefficient (Wildman–Crippen LogP) is 2.46. The van der Waals surface area contributed by atoms with Crippen LogP contribution in [0.1, 0.15) is 18.9 Å². The Labute approximate surface area is 192 Å². The Morgan fingerprint density at radius 3 is 2.22 bits per heavy atom. The normalized spacial score (nSPS) is 22.9. The van der Waals surface area contributed by atoms with Gasteiger partial charge in [-0.25, -0.2) is 18.1 Å². The summed E-state index contributed by atoms with van der Waals surface area (Å²) >= 11 is 6.09.